The van der Waals surface area contributed by atoms with Crippen molar-refractivity contribution in [2.24, 2.45) is 0 Å². The highest BCUT2D eigenvalue weighted by Crippen LogP contribution is 2.26. The minimum absolute atomic E-state index is 0.314. The topological polar surface area (TPSA) is 66.5 Å². The molecule has 0 radical (unpaired) electrons. The average Bonchev–Trinajstić information content (AvgIpc) is 3.06. The van der Waals surface area contributed by atoms with Gasteiger partial charge in [0.25, 0.3) is 0 Å². The lowest BCUT2D eigenvalue weighted by molar-refractivity contribution is 0.532. The first kappa shape index (κ1) is 12.7. The molecule has 3 rings (SSSR count). The number of aromatic nitrogens is 3. The fourth-order valence-corrected chi connectivity index (χ4v) is 2.47. The molecule has 1 aliphatic rings. The van der Waals surface area contributed by atoms with Crippen LogP contribution in [0.15, 0.2) is 18.5 Å². The zero-order valence-corrected chi connectivity index (χ0v) is 11.7. The van der Waals surface area contributed by atoms with Crippen LogP contribution in [0.3, 0.4) is 0 Å². The summed E-state index contributed by atoms with van der Waals surface area (Å²) in [5.74, 6) is 0.636. The van der Waals surface area contributed by atoms with E-state index in [2.05, 4.69) is 35.3 Å². The molecule has 0 saturated carbocycles. The van der Waals surface area contributed by atoms with E-state index in [1.807, 2.05) is 16.9 Å². The molecule has 0 bridgehead atoms. The van der Waals surface area contributed by atoms with Crippen LogP contribution in [-0.2, 0) is 12.8 Å². The Morgan fingerprint density at radius 3 is 2.95 bits per heavy atom. The zero-order valence-electron chi connectivity index (χ0n) is 11.7. The maximum Gasteiger partial charge on any atom is 0.148 e. The Kier molecular flexibility index (Phi) is 3.15. The fourth-order valence-electron chi connectivity index (χ4n) is 2.47. The van der Waals surface area contributed by atoms with Crippen LogP contribution in [0.25, 0.3) is 0 Å². The lowest BCUT2D eigenvalue weighted by atomic mass is 10.1. The van der Waals surface area contributed by atoms with Crippen LogP contribution in [-0.4, -0.2) is 14.8 Å². The Balaban J connectivity index is 1.92. The number of aryl methyl sites for hydroxylation is 2. The summed E-state index contributed by atoms with van der Waals surface area (Å²) in [5, 5.41) is 16.8. The minimum Gasteiger partial charge on any atom is -0.337 e. The third-order valence-electron chi connectivity index (χ3n) is 3.56. The van der Waals surface area contributed by atoms with E-state index in [4.69, 9.17) is 0 Å². The predicted octanol–water partition coefficient (Wildman–Crippen LogP) is 2.96. The van der Waals surface area contributed by atoms with E-state index >= 15 is 0 Å². The number of nitrogens with one attached hydrogen (secondary N) is 1. The third kappa shape index (κ3) is 2.25. The summed E-state index contributed by atoms with van der Waals surface area (Å²) in [6, 6.07) is 4.50. The van der Waals surface area contributed by atoms with Crippen molar-refractivity contribution in [1.82, 2.24) is 14.8 Å². The van der Waals surface area contributed by atoms with Crippen LogP contribution in [0.2, 0.25) is 0 Å². The molecular weight excluding hydrogens is 250 g/mol. The molecule has 0 saturated heterocycles. The molecule has 0 amide bonds. The summed E-state index contributed by atoms with van der Waals surface area (Å²) in [6.07, 6.45) is 6.85. The number of hydrogen-bond donors (Lipinski definition) is 1. The molecule has 0 spiro atoms. The van der Waals surface area contributed by atoms with Gasteiger partial charge in [-0.05, 0) is 44.7 Å². The van der Waals surface area contributed by atoms with Gasteiger partial charge in [0.2, 0.25) is 0 Å². The lowest BCUT2D eigenvalue weighted by Crippen LogP contribution is -2.01. The molecule has 1 aliphatic carbocycles. The van der Waals surface area contributed by atoms with E-state index in [1.54, 1.807) is 6.20 Å². The highest BCUT2D eigenvalue weighted by Gasteiger charge is 2.16. The monoisotopic (exact) mass is 267 g/mol. The summed E-state index contributed by atoms with van der Waals surface area (Å²) in [5.41, 5.74) is 3.79. The molecule has 0 fully saturated rings. The molecule has 1 N–H and O–H groups in total. The van der Waals surface area contributed by atoms with Crippen LogP contribution in [0.4, 0.5) is 11.5 Å². The fraction of sp³-hybridized carbons (Fsp3) is 0.400. The van der Waals surface area contributed by atoms with Crippen LogP contribution < -0.4 is 5.32 Å². The molecule has 2 aromatic rings. The second-order valence-corrected chi connectivity index (χ2v) is 5.38. The summed E-state index contributed by atoms with van der Waals surface area (Å²) in [6.45, 7) is 4.15. The standard InChI is InChI=1S/C15H17N5/c1-10(2)20-9-13(8-17-20)18-15-12(7-16)6-11-4-3-5-14(11)19-15/h6,8-10H,3-5H2,1-2H3,(H,18,19). The van der Waals surface area contributed by atoms with Crippen molar-refractivity contribution in [2.75, 3.05) is 5.32 Å². The van der Waals surface area contributed by atoms with E-state index in [1.165, 1.54) is 5.56 Å². The van der Waals surface area contributed by atoms with Crippen molar-refractivity contribution >= 4 is 11.5 Å². The Labute approximate surface area is 118 Å². The second kappa shape index (κ2) is 4.97. The van der Waals surface area contributed by atoms with Crippen molar-refractivity contribution in [3.05, 3.63) is 35.3 Å². The van der Waals surface area contributed by atoms with Gasteiger partial charge in [0, 0.05) is 17.9 Å². The van der Waals surface area contributed by atoms with Crippen molar-refractivity contribution in [3.8, 4) is 6.07 Å². The van der Waals surface area contributed by atoms with Gasteiger partial charge in [-0.25, -0.2) is 4.98 Å². The van der Waals surface area contributed by atoms with Crippen LogP contribution >= 0.6 is 0 Å². The van der Waals surface area contributed by atoms with E-state index in [0.29, 0.717) is 17.4 Å². The summed E-state index contributed by atoms with van der Waals surface area (Å²) in [4.78, 5) is 4.60. The van der Waals surface area contributed by atoms with Gasteiger partial charge in [0.15, 0.2) is 0 Å². The Hall–Kier alpha value is -2.35. The Morgan fingerprint density at radius 2 is 2.25 bits per heavy atom. The first-order valence-electron chi connectivity index (χ1n) is 6.91. The van der Waals surface area contributed by atoms with Gasteiger partial charge in [-0.2, -0.15) is 10.4 Å². The molecular formula is C15H17N5. The Bertz CT molecular complexity index is 678. The summed E-state index contributed by atoms with van der Waals surface area (Å²) >= 11 is 0. The molecule has 0 aromatic carbocycles. The van der Waals surface area contributed by atoms with Gasteiger partial charge < -0.3 is 5.32 Å². The highest BCUT2D eigenvalue weighted by molar-refractivity contribution is 5.63. The van der Waals surface area contributed by atoms with Crippen LogP contribution in [0.1, 0.15) is 43.1 Å². The largest absolute Gasteiger partial charge is 0.337 e. The van der Waals surface area contributed by atoms with Gasteiger partial charge >= 0.3 is 0 Å². The molecule has 102 valence electrons. The van der Waals surface area contributed by atoms with E-state index in [0.717, 1.165) is 30.6 Å². The van der Waals surface area contributed by atoms with Gasteiger partial charge in [-0.1, -0.05) is 0 Å². The van der Waals surface area contributed by atoms with E-state index in [-0.39, 0.29) is 0 Å². The number of nitriles is 1. The first-order chi connectivity index (χ1) is 9.67. The maximum atomic E-state index is 9.27. The summed E-state index contributed by atoms with van der Waals surface area (Å²) in [7, 11) is 0. The lowest BCUT2D eigenvalue weighted by Gasteiger charge is -2.08. The van der Waals surface area contributed by atoms with Crippen molar-refractivity contribution in [2.45, 2.75) is 39.2 Å². The number of hydrogen-bond acceptors (Lipinski definition) is 4. The molecule has 5 nitrogen and oxygen atoms in total. The predicted molar refractivity (Wildman–Crippen MR) is 76.9 cm³/mol. The first-order valence-corrected chi connectivity index (χ1v) is 6.91. The molecule has 20 heavy (non-hydrogen) atoms. The van der Waals surface area contributed by atoms with Gasteiger partial charge in [0.1, 0.15) is 11.9 Å². The quantitative estimate of drug-likeness (QED) is 0.928. The number of anilines is 2. The van der Waals surface area contributed by atoms with Crippen LogP contribution in [0, 0.1) is 11.3 Å². The van der Waals surface area contributed by atoms with Crippen molar-refractivity contribution < 1.29 is 0 Å². The Morgan fingerprint density at radius 1 is 1.40 bits per heavy atom. The molecule has 5 heteroatoms. The third-order valence-corrected chi connectivity index (χ3v) is 3.56. The van der Waals surface area contributed by atoms with Crippen molar-refractivity contribution in [3.63, 3.8) is 0 Å². The minimum atomic E-state index is 0.314. The zero-order chi connectivity index (χ0) is 14.1. The molecule has 0 aliphatic heterocycles. The van der Waals surface area contributed by atoms with E-state index < -0.39 is 0 Å². The summed E-state index contributed by atoms with van der Waals surface area (Å²) < 4.78 is 1.88. The molecule has 0 atom stereocenters. The van der Waals surface area contributed by atoms with Crippen molar-refractivity contribution in [1.29, 1.82) is 5.26 Å². The molecule has 2 heterocycles. The van der Waals surface area contributed by atoms with Gasteiger partial charge in [-0.3, -0.25) is 4.68 Å². The SMILES string of the molecule is CC(C)n1cc(Nc2nc3c(cc2C#N)CCC3)cn1. The average molecular weight is 267 g/mol. The normalized spacial score (nSPS) is 13.3. The van der Waals surface area contributed by atoms with Crippen LogP contribution in [0.5, 0.6) is 0 Å². The number of nitrogens with zero attached hydrogens (tertiary/aromatic N) is 4. The number of pyridine rings is 1. The smallest absolute Gasteiger partial charge is 0.148 e. The van der Waals surface area contributed by atoms with Gasteiger partial charge in [-0.15, -0.1) is 0 Å². The highest BCUT2D eigenvalue weighted by atomic mass is 15.3. The number of rotatable bonds is 3. The molecule has 0 unspecified atom stereocenters. The van der Waals surface area contributed by atoms with Gasteiger partial charge in [0.05, 0.1) is 17.4 Å². The number of fused-ring (bicyclic) bond motifs is 1. The second-order valence-electron chi connectivity index (χ2n) is 5.38. The maximum absolute atomic E-state index is 9.27. The van der Waals surface area contributed by atoms with E-state index in [9.17, 15) is 5.26 Å². The molecule has 2 aromatic heterocycles.